The van der Waals surface area contributed by atoms with Gasteiger partial charge in [-0.05, 0) is 47.5 Å². The number of hydrogen-bond donors (Lipinski definition) is 1. The number of halogens is 2. The summed E-state index contributed by atoms with van der Waals surface area (Å²) in [5.74, 6) is 1.25. The van der Waals surface area contributed by atoms with Gasteiger partial charge in [-0.15, -0.1) is 0 Å². The van der Waals surface area contributed by atoms with Crippen LogP contribution in [0.2, 0.25) is 0 Å². The van der Waals surface area contributed by atoms with Crippen LogP contribution in [0.1, 0.15) is 11.4 Å². The average molecular weight is 427 g/mol. The molecule has 0 saturated carbocycles. The van der Waals surface area contributed by atoms with Crippen molar-refractivity contribution in [1.29, 1.82) is 0 Å². The van der Waals surface area contributed by atoms with Gasteiger partial charge < -0.3 is 9.72 Å². The van der Waals surface area contributed by atoms with Gasteiger partial charge in [0.15, 0.2) is 5.65 Å². The number of nitrogens with one attached hydrogen (secondary N) is 1. The lowest BCUT2D eigenvalue weighted by Crippen LogP contribution is -2.10. The van der Waals surface area contributed by atoms with Crippen molar-refractivity contribution in [1.82, 2.24) is 14.5 Å². The van der Waals surface area contributed by atoms with Crippen molar-refractivity contribution in [2.75, 3.05) is 7.11 Å². The summed E-state index contributed by atoms with van der Waals surface area (Å²) >= 11 is 7.01. The molecule has 0 bridgehead atoms. The van der Waals surface area contributed by atoms with Crippen molar-refractivity contribution < 1.29 is 4.74 Å². The number of benzene rings is 1. The quantitative estimate of drug-likeness (QED) is 0.676. The van der Waals surface area contributed by atoms with Crippen molar-refractivity contribution in [3.63, 3.8) is 0 Å². The summed E-state index contributed by atoms with van der Waals surface area (Å²) in [7, 11) is 1.61. The van der Waals surface area contributed by atoms with E-state index in [1.807, 2.05) is 29.8 Å². The topological polar surface area (TPSA) is 59.9 Å². The lowest BCUT2D eigenvalue weighted by molar-refractivity contribution is 0.412. The highest BCUT2D eigenvalue weighted by atomic mass is 79.9. The van der Waals surface area contributed by atoms with E-state index in [1.54, 1.807) is 14.0 Å². The standard InChI is InChI=1S/C15H13Br2N3O2/c1-7-6-20(14-12(7)15(21)19-8(2)18-14)13-10(17)4-9(16)5-11(13)22-3/h4-6H,1-3H3,(H,18,19,21). The van der Waals surface area contributed by atoms with E-state index in [4.69, 9.17) is 4.74 Å². The maximum atomic E-state index is 12.2. The van der Waals surface area contributed by atoms with Crippen molar-refractivity contribution in [2.45, 2.75) is 13.8 Å². The molecule has 0 fully saturated rings. The molecule has 0 amide bonds. The number of aromatic amines is 1. The number of methoxy groups -OCH3 is 1. The number of aromatic nitrogens is 3. The Bertz CT molecular complexity index is 944. The summed E-state index contributed by atoms with van der Waals surface area (Å²) in [6.45, 7) is 3.66. The molecule has 1 N–H and O–H groups in total. The first kappa shape index (κ1) is 15.3. The Morgan fingerprint density at radius 3 is 2.68 bits per heavy atom. The molecule has 0 atom stereocenters. The first-order chi connectivity index (χ1) is 10.4. The number of H-pyrrole nitrogens is 1. The SMILES string of the molecule is COc1cc(Br)cc(Br)c1-n1cc(C)c2c(=O)[nH]c(C)nc21. The van der Waals surface area contributed by atoms with E-state index in [0.717, 1.165) is 20.2 Å². The Morgan fingerprint density at radius 2 is 2.00 bits per heavy atom. The third kappa shape index (κ3) is 2.38. The fourth-order valence-corrected chi connectivity index (χ4v) is 3.90. The Balaban J connectivity index is 2.44. The highest BCUT2D eigenvalue weighted by Crippen LogP contribution is 2.36. The minimum Gasteiger partial charge on any atom is -0.494 e. The van der Waals surface area contributed by atoms with Crippen LogP contribution in [0, 0.1) is 13.8 Å². The number of rotatable bonds is 2. The van der Waals surface area contributed by atoms with E-state index in [0.29, 0.717) is 22.6 Å². The van der Waals surface area contributed by atoms with E-state index >= 15 is 0 Å². The van der Waals surface area contributed by atoms with Crippen LogP contribution in [0.4, 0.5) is 0 Å². The molecular weight excluding hydrogens is 414 g/mol. The smallest absolute Gasteiger partial charge is 0.260 e. The van der Waals surface area contributed by atoms with Crippen molar-refractivity contribution in [3.05, 3.63) is 49.0 Å². The fourth-order valence-electron chi connectivity index (χ4n) is 2.52. The number of aryl methyl sites for hydroxylation is 2. The normalized spacial score (nSPS) is 11.1. The second kappa shape index (κ2) is 5.55. The molecule has 0 aliphatic heterocycles. The van der Waals surface area contributed by atoms with Crippen LogP contribution in [-0.4, -0.2) is 21.6 Å². The maximum absolute atomic E-state index is 12.2. The molecule has 0 aliphatic rings. The molecule has 0 radical (unpaired) electrons. The van der Waals surface area contributed by atoms with Crippen LogP contribution in [0.5, 0.6) is 5.75 Å². The van der Waals surface area contributed by atoms with Crippen LogP contribution in [-0.2, 0) is 0 Å². The maximum Gasteiger partial charge on any atom is 0.260 e. The molecule has 1 aromatic carbocycles. The van der Waals surface area contributed by atoms with Crippen molar-refractivity contribution in [3.8, 4) is 11.4 Å². The van der Waals surface area contributed by atoms with Gasteiger partial charge in [-0.2, -0.15) is 0 Å². The fraction of sp³-hybridized carbons (Fsp3) is 0.200. The highest BCUT2D eigenvalue weighted by Gasteiger charge is 2.18. The zero-order chi connectivity index (χ0) is 16.0. The summed E-state index contributed by atoms with van der Waals surface area (Å²) in [6, 6.07) is 3.81. The van der Waals surface area contributed by atoms with Gasteiger partial charge in [-0.3, -0.25) is 9.36 Å². The molecule has 0 unspecified atom stereocenters. The van der Waals surface area contributed by atoms with Gasteiger partial charge in [0.2, 0.25) is 0 Å². The molecule has 114 valence electrons. The zero-order valence-electron chi connectivity index (χ0n) is 12.2. The Morgan fingerprint density at radius 1 is 1.27 bits per heavy atom. The van der Waals surface area contributed by atoms with E-state index in [2.05, 4.69) is 41.8 Å². The molecule has 0 saturated heterocycles. The molecule has 3 aromatic rings. The number of hydrogen-bond acceptors (Lipinski definition) is 3. The third-order valence-electron chi connectivity index (χ3n) is 3.42. The highest BCUT2D eigenvalue weighted by molar-refractivity contribution is 9.11. The Labute approximate surface area is 143 Å². The number of nitrogens with zero attached hydrogens (tertiary/aromatic N) is 2. The van der Waals surface area contributed by atoms with E-state index < -0.39 is 0 Å². The van der Waals surface area contributed by atoms with Gasteiger partial charge in [-0.25, -0.2) is 4.98 Å². The first-order valence-corrected chi connectivity index (χ1v) is 8.13. The van der Waals surface area contributed by atoms with Crippen LogP contribution in [0.25, 0.3) is 16.7 Å². The van der Waals surface area contributed by atoms with Crippen molar-refractivity contribution in [2.24, 2.45) is 0 Å². The molecule has 3 rings (SSSR count). The summed E-state index contributed by atoms with van der Waals surface area (Å²) in [4.78, 5) is 19.4. The van der Waals surface area contributed by atoms with Crippen LogP contribution < -0.4 is 10.3 Å². The molecular formula is C15H13Br2N3O2. The predicted molar refractivity (Wildman–Crippen MR) is 93.1 cm³/mol. The first-order valence-electron chi connectivity index (χ1n) is 6.54. The van der Waals surface area contributed by atoms with Crippen LogP contribution in [0.15, 0.2) is 32.1 Å². The second-order valence-electron chi connectivity index (χ2n) is 4.97. The second-order valence-corrected chi connectivity index (χ2v) is 6.74. The van der Waals surface area contributed by atoms with Gasteiger partial charge in [-0.1, -0.05) is 15.9 Å². The van der Waals surface area contributed by atoms with E-state index in [9.17, 15) is 4.79 Å². The minimum atomic E-state index is -0.133. The van der Waals surface area contributed by atoms with Crippen LogP contribution in [0.3, 0.4) is 0 Å². The lowest BCUT2D eigenvalue weighted by atomic mass is 10.3. The van der Waals surface area contributed by atoms with Gasteiger partial charge in [0.25, 0.3) is 5.56 Å². The molecule has 5 nitrogen and oxygen atoms in total. The summed E-state index contributed by atoms with van der Waals surface area (Å²) in [5.41, 5.74) is 2.15. The molecule has 22 heavy (non-hydrogen) atoms. The van der Waals surface area contributed by atoms with E-state index in [1.165, 1.54) is 0 Å². The molecule has 0 aliphatic carbocycles. The molecule has 0 spiro atoms. The number of fused-ring (bicyclic) bond motifs is 1. The Kier molecular flexibility index (Phi) is 3.86. The van der Waals surface area contributed by atoms with Crippen molar-refractivity contribution >= 4 is 42.9 Å². The molecule has 7 heteroatoms. The van der Waals surface area contributed by atoms with Gasteiger partial charge in [0.05, 0.1) is 12.5 Å². The zero-order valence-corrected chi connectivity index (χ0v) is 15.4. The lowest BCUT2D eigenvalue weighted by Gasteiger charge is -2.13. The summed E-state index contributed by atoms with van der Waals surface area (Å²) in [5, 5.41) is 0.586. The number of ether oxygens (including phenoxy) is 1. The van der Waals surface area contributed by atoms with Gasteiger partial charge in [0.1, 0.15) is 17.3 Å². The summed E-state index contributed by atoms with van der Waals surface area (Å²) in [6.07, 6.45) is 1.89. The predicted octanol–water partition coefficient (Wildman–Crippen LogP) is 3.86. The average Bonchev–Trinajstić information content (AvgIpc) is 2.74. The van der Waals surface area contributed by atoms with Crippen LogP contribution >= 0.6 is 31.9 Å². The van der Waals surface area contributed by atoms with Gasteiger partial charge in [0, 0.05) is 15.1 Å². The largest absolute Gasteiger partial charge is 0.494 e. The molecule has 2 aromatic heterocycles. The van der Waals surface area contributed by atoms with Gasteiger partial charge >= 0.3 is 0 Å². The summed E-state index contributed by atoms with van der Waals surface area (Å²) < 4.78 is 9.10. The Hall–Kier alpha value is -1.60. The van der Waals surface area contributed by atoms with E-state index in [-0.39, 0.29) is 5.56 Å². The monoisotopic (exact) mass is 425 g/mol. The minimum absolute atomic E-state index is 0.133. The third-order valence-corrected chi connectivity index (χ3v) is 4.48. The molecule has 2 heterocycles.